The van der Waals surface area contributed by atoms with Crippen molar-refractivity contribution >= 4 is 34.1 Å². The van der Waals surface area contributed by atoms with Crippen molar-refractivity contribution in [2.24, 2.45) is 10.1 Å². The van der Waals surface area contributed by atoms with Gasteiger partial charge in [0, 0.05) is 34.7 Å². The fourth-order valence-electron chi connectivity index (χ4n) is 3.60. The first-order valence-electron chi connectivity index (χ1n) is 10.6. The maximum absolute atomic E-state index is 11.5. The van der Waals surface area contributed by atoms with E-state index in [1.165, 1.54) is 34.2 Å². The number of nitrogens with zero attached hydrogens (tertiary/aromatic N) is 5. The molecule has 5 rings (SSSR count). The Morgan fingerprint density at radius 3 is 2.58 bits per heavy atom. The molecule has 0 saturated heterocycles. The maximum Gasteiger partial charge on any atom is 0.294 e. The van der Waals surface area contributed by atoms with E-state index in [-0.39, 0.29) is 23.9 Å². The fraction of sp³-hybridized carbons (Fsp3) is 0.0833. The van der Waals surface area contributed by atoms with Crippen LogP contribution in [0.1, 0.15) is 12.5 Å². The number of ether oxygens (including phenoxy) is 2. The van der Waals surface area contributed by atoms with Gasteiger partial charge < -0.3 is 9.47 Å². The SMILES string of the molecule is CC(=Nn1c(-c2cccc([N+](=O)[O-])c2)csc1=Nc1ccccc1[N+](=O)[O-])c1ccc2c(c1)OCO2. The van der Waals surface area contributed by atoms with Crippen molar-refractivity contribution in [1.29, 1.82) is 0 Å². The molecular weight excluding hydrogens is 486 g/mol. The van der Waals surface area contributed by atoms with Crippen molar-refractivity contribution in [3.05, 3.63) is 103 Å². The van der Waals surface area contributed by atoms with Crippen LogP contribution in [0.15, 0.2) is 82.2 Å². The molecule has 0 atom stereocenters. The third-order valence-corrected chi connectivity index (χ3v) is 6.19. The zero-order valence-corrected chi connectivity index (χ0v) is 19.5. The summed E-state index contributed by atoms with van der Waals surface area (Å²) in [5.41, 5.74) is 2.40. The summed E-state index contributed by atoms with van der Waals surface area (Å²) in [5.74, 6) is 1.24. The third-order valence-electron chi connectivity index (χ3n) is 5.37. The highest BCUT2D eigenvalue weighted by atomic mass is 32.1. The van der Waals surface area contributed by atoms with Crippen LogP contribution in [0.25, 0.3) is 11.3 Å². The summed E-state index contributed by atoms with van der Waals surface area (Å²) in [6.45, 7) is 1.94. The van der Waals surface area contributed by atoms with E-state index in [1.54, 1.807) is 54.8 Å². The van der Waals surface area contributed by atoms with E-state index < -0.39 is 9.85 Å². The summed E-state index contributed by atoms with van der Waals surface area (Å²) in [7, 11) is 0. The normalized spacial score (nSPS) is 13.1. The van der Waals surface area contributed by atoms with E-state index in [4.69, 9.17) is 14.6 Å². The Kier molecular flexibility index (Phi) is 6.00. The Morgan fingerprint density at radius 2 is 1.78 bits per heavy atom. The van der Waals surface area contributed by atoms with Crippen LogP contribution in [0.4, 0.5) is 17.1 Å². The number of thiazole rings is 1. The van der Waals surface area contributed by atoms with Gasteiger partial charge in [0.25, 0.3) is 11.4 Å². The Labute approximate surface area is 207 Å². The topological polar surface area (TPSA) is 134 Å². The molecule has 11 nitrogen and oxygen atoms in total. The van der Waals surface area contributed by atoms with Crippen molar-refractivity contribution < 1.29 is 19.3 Å². The molecule has 0 bridgehead atoms. The molecule has 0 N–H and O–H groups in total. The van der Waals surface area contributed by atoms with Gasteiger partial charge in [-0.2, -0.15) is 5.10 Å². The predicted molar refractivity (Wildman–Crippen MR) is 133 cm³/mol. The highest BCUT2D eigenvalue weighted by molar-refractivity contribution is 7.07. The maximum atomic E-state index is 11.5. The first kappa shape index (κ1) is 22.9. The van der Waals surface area contributed by atoms with Crippen molar-refractivity contribution in [2.45, 2.75) is 6.92 Å². The van der Waals surface area contributed by atoms with Gasteiger partial charge in [0.2, 0.25) is 11.6 Å². The molecular formula is C24H17N5O6S. The van der Waals surface area contributed by atoms with E-state index in [2.05, 4.69) is 4.99 Å². The van der Waals surface area contributed by atoms with E-state index in [0.29, 0.717) is 33.3 Å². The van der Waals surface area contributed by atoms with E-state index in [0.717, 1.165) is 5.56 Å². The molecule has 3 aromatic carbocycles. The minimum absolute atomic E-state index is 0.0705. The lowest BCUT2D eigenvalue weighted by Crippen LogP contribution is -2.14. The van der Waals surface area contributed by atoms with Crippen LogP contribution in [0.3, 0.4) is 0 Å². The van der Waals surface area contributed by atoms with Gasteiger partial charge in [0.1, 0.15) is 5.69 Å². The van der Waals surface area contributed by atoms with Gasteiger partial charge in [-0.15, -0.1) is 11.3 Å². The highest BCUT2D eigenvalue weighted by Gasteiger charge is 2.17. The van der Waals surface area contributed by atoms with Crippen LogP contribution in [0.2, 0.25) is 0 Å². The van der Waals surface area contributed by atoms with Gasteiger partial charge >= 0.3 is 0 Å². The van der Waals surface area contributed by atoms with Crippen LogP contribution in [-0.2, 0) is 0 Å². The molecule has 0 unspecified atom stereocenters. The number of hydrogen-bond acceptors (Lipinski definition) is 9. The lowest BCUT2D eigenvalue weighted by molar-refractivity contribution is -0.384. The minimum Gasteiger partial charge on any atom is -0.454 e. The molecule has 0 amide bonds. The smallest absolute Gasteiger partial charge is 0.294 e. The molecule has 36 heavy (non-hydrogen) atoms. The number of non-ortho nitro benzene ring substituents is 1. The summed E-state index contributed by atoms with van der Waals surface area (Å²) < 4.78 is 12.4. The Morgan fingerprint density at radius 1 is 0.972 bits per heavy atom. The average Bonchev–Trinajstić information content (AvgIpc) is 3.51. The first-order valence-corrected chi connectivity index (χ1v) is 11.5. The summed E-state index contributed by atoms with van der Waals surface area (Å²) in [6, 6.07) is 17.7. The molecule has 12 heteroatoms. The van der Waals surface area contributed by atoms with Gasteiger partial charge in [-0.25, -0.2) is 9.67 Å². The zero-order chi connectivity index (χ0) is 25.2. The summed E-state index contributed by atoms with van der Waals surface area (Å²) in [5, 5.41) is 29.4. The third kappa shape index (κ3) is 4.44. The Hall–Kier alpha value is -4.84. The molecule has 180 valence electrons. The quantitative estimate of drug-likeness (QED) is 0.200. The zero-order valence-electron chi connectivity index (χ0n) is 18.7. The minimum atomic E-state index is -0.501. The molecule has 4 aromatic rings. The number of aromatic nitrogens is 1. The monoisotopic (exact) mass is 503 g/mol. The largest absolute Gasteiger partial charge is 0.454 e. The molecule has 0 spiro atoms. The lowest BCUT2D eigenvalue weighted by Gasteiger charge is -2.07. The predicted octanol–water partition coefficient (Wildman–Crippen LogP) is 5.27. The van der Waals surface area contributed by atoms with E-state index in [9.17, 15) is 20.2 Å². The molecule has 1 aromatic heterocycles. The number of para-hydroxylation sites is 2. The van der Waals surface area contributed by atoms with Crippen LogP contribution in [0.5, 0.6) is 11.5 Å². The van der Waals surface area contributed by atoms with Crippen molar-refractivity contribution in [1.82, 2.24) is 4.68 Å². The summed E-state index contributed by atoms with van der Waals surface area (Å²) in [6.07, 6.45) is 0. The van der Waals surface area contributed by atoms with Crippen molar-refractivity contribution in [3.8, 4) is 22.8 Å². The second kappa shape index (κ2) is 9.43. The second-order valence-corrected chi connectivity index (χ2v) is 8.47. The van der Waals surface area contributed by atoms with Crippen LogP contribution >= 0.6 is 11.3 Å². The number of benzene rings is 3. The number of rotatable bonds is 6. The van der Waals surface area contributed by atoms with Crippen LogP contribution < -0.4 is 14.3 Å². The molecule has 0 fully saturated rings. The van der Waals surface area contributed by atoms with Gasteiger partial charge in [-0.1, -0.05) is 24.3 Å². The van der Waals surface area contributed by atoms with Gasteiger partial charge in [0.15, 0.2) is 11.5 Å². The van der Waals surface area contributed by atoms with Gasteiger partial charge in [0.05, 0.1) is 21.3 Å². The molecule has 2 heterocycles. The summed E-state index contributed by atoms with van der Waals surface area (Å²) >= 11 is 1.21. The Balaban J connectivity index is 1.70. The van der Waals surface area contributed by atoms with Crippen LogP contribution in [0, 0.1) is 20.2 Å². The standard InChI is InChI=1S/C24H17N5O6S/c1-15(16-9-10-22-23(12-16)35-14-34-22)26-27-21(17-5-4-6-18(11-17)28(30)31)13-36-24(27)25-19-7-2-3-8-20(19)29(32)33/h2-13H,14H2,1H3. The average molecular weight is 503 g/mol. The first-order chi connectivity index (χ1) is 17.4. The Bertz CT molecular complexity index is 1610. The van der Waals surface area contributed by atoms with Crippen molar-refractivity contribution in [2.75, 3.05) is 6.79 Å². The fourth-order valence-corrected chi connectivity index (χ4v) is 4.44. The number of fused-ring (bicyclic) bond motifs is 1. The molecule has 0 saturated carbocycles. The molecule has 1 aliphatic rings. The number of nitro groups is 2. The number of hydrogen-bond donors (Lipinski definition) is 0. The summed E-state index contributed by atoms with van der Waals surface area (Å²) in [4.78, 5) is 26.8. The van der Waals surface area contributed by atoms with Crippen molar-refractivity contribution in [3.63, 3.8) is 0 Å². The number of nitro benzene ring substituents is 2. The highest BCUT2D eigenvalue weighted by Crippen LogP contribution is 2.33. The second-order valence-electron chi connectivity index (χ2n) is 7.63. The molecule has 1 aliphatic heterocycles. The lowest BCUT2D eigenvalue weighted by atomic mass is 10.1. The van der Waals surface area contributed by atoms with E-state index in [1.807, 2.05) is 6.07 Å². The van der Waals surface area contributed by atoms with Gasteiger partial charge in [-0.05, 0) is 31.2 Å². The van der Waals surface area contributed by atoms with Crippen LogP contribution in [-0.4, -0.2) is 27.0 Å². The molecule has 0 aliphatic carbocycles. The van der Waals surface area contributed by atoms with Gasteiger partial charge in [-0.3, -0.25) is 20.2 Å². The molecule has 0 radical (unpaired) electrons. The van der Waals surface area contributed by atoms with E-state index >= 15 is 0 Å².